The van der Waals surface area contributed by atoms with Crippen LogP contribution in [0.25, 0.3) is 71.9 Å². The van der Waals surface area contributed by atoms with Gasteiger partial charge in [0.15, 0.2) is 0 Å². The maximum Gasteiger partial charge on any atom is 0.137 e. The zero-order valence-corrected chi connectivity index (χ0v) is 48.1. The molecule has 0 radical (unpaired) electrons. The summed E-state index contributed by atoms with van der Waals surface area (Å²) in [6.07, 6.45) is 16.3. The Morgan fingerprint density at radius 1 is 0.412 bits per heavy atom. The van der Waals surface area contributed by atoms with E-state index < -0.39 is 0 Å². The van der Waals surface area contributed by atoms with Gasteiger partial charge in [0, 0.05) is 74.6 Å². The van der Waals surface area contributed by atoms with Crippen LogP contribution in [-0.2, 0) is 5.41 Å². The van der Waals surface area contributed by atoms with Crippen LogP contribution in [0.2, 0.25) is 0 Å². The molecule has 85 heavy (non-hydrogen) atoms. The molecule has 13 aromatic rings. The summed E-state index contributed by atoms with van der Waals surface area (Å²) in [5.41, 5.74) is 20.5. The van der Waals surface area contributed by atoms with Gasteiger partial charge in [-0.2, -0.15) is 0 Å². The quantitative estimate of drug-likeness (QED) is 0.152. The Bertz CT molecular complexity index is 4520. The van der Waals surface area contributed by atoms with E-state index in [-0.39, 0.29) is 11.0 Å². The second kappa shape index (κ2) is 19.3. The van der Waals surface area contributed by atoms with Crippen LogP contribution in [0.1, 0.15) is 103 Å². The third kappa shape index (κ3) is 7.91. The standard InChI is InChI=1S/C42H38N2.C38H31N3/c1-2-10-31(11-3-1)37-27-43(38-15-7-4-14-36(37)38)42-25-29-22-30(26-42)24-41(23-29,28-42)32-18-20-33(21-19-32)44-39-16-8-5-12-34(39)35-13-6-9-17-40(35)44;1-3-9-36-31(7-1)32-8-2-4-10-37(32)41(36)30-18-16-26(17-19-30)34-23-28-21-29(34)22-33(28)25-12-14-27(15-13-25)35-24-40-20-6-5-11-38(40)39-35/h1-21,29-30,37H,22-28H2;1-20,24,28-29,33-34H,21-23H2. The van der Waals surface area contributed by atoms with E-state index in [9.17, 15) is 0 Å². The largest absolute Gasteiger partial charge is 0.365 e. The predicted molar refractivity (Wildman–Crippen MR) is 350 cm³/mol. The van der Waals surface area contributed by atoms with Crippen LogP contribution in [0.15, 0.2) is 255 Å². The number of imidazole rings is 1. The molecule has 7 aliphatic rings. The number of nitrogens with zero attached hydrogens (tertiary/aromatic N) is 5. The number of fused-ring (bicyclic) bond motifs is 10. The first-order valence-corrected chi connectivity index (χ1v) is 31.6. The van der Waals surface area contributed by atoms with Gasteiger partial charge in [-0.1, -0.05) is 176 Å². The van der Waals surface area contributed by atoms with E-state index in [0.29, 0.717) is 17.8 Å². The molecule has 0 spiro atoms. The van der Waals surface area contributed by atoms with E-state index >= 15 is 0 Å². The van der Waals surface area contributed by atoms with Gasteiger partial charge in [-0.25, -0.2) is 4.98 Å². The Labute approximate surface area is 497 Å². The summed E-state index contributed by atoms with van der Waals surface area (Å²) in [4.78, 5) is 7.72. The fourth-order valence-electron chi connectivity index (χ4n) is 19.0. The Balaban J connectivity index is 0.000000129. The smallest absolute Gasteiger partial charge is 0.137 e. The first kappa shape index (κ1) is 49.5. The highest BCUT2D eigenvalue weighted by molar-refractivity contribution is 6.10. The number of benzene rings is 9. The van der Waals surface area contributed by atoms with E-state index in [1.807, 2.05) is 12.1 Å². The molecule has 0 amide bonds. The van der Waals surface area contributed by atoms with Gasteiger partial charge in [0.05, 0.1) is 27.8 Å². The second-order valence-corrected chi connectivity index (χ2v) is 26.6. The molecule has 6 saturated carbocycles. The van der Waals surface area contributed by atoms with Gasteiger partial charge in [-0.15, -0.1) is 0 Å². The average Bonchev–Trinajstić information content (AvgIpc) is 1.82. The number of para-hydroxylation sites is 5. The molecule has 7 unspecified atom stereocenters. The molecule has 6 aliphatic carbocycles. The third-order valence-electron chi connectivity index (χ3n) is 22.1. The van der Waals surface area contributed by atoms with Gasteiger partial charge in [0.2, 0.25) is 0 Å². The van der Waals surface area contributed by atoms with Crippen molar-refractivity contribution in [3.8, 4) is 22.6 Å². The molecule has 6 fully saturated rings. The fourth-order valence-corrected chi connectivity index (χ4v) is 19.0. The lowest BCUT2D eigenvalue weighted by molar-refractivity contribution is -0.0262. The van der Waals surface area contributed by atoms with Crippen molar-refractivity contribution in [3.05, 3.63) is 283 Å². The van der Waals surface area contributed by atoms with Gasteiger partial charge < -0.3 is 18.4 Å². The first-order valence-electron chi connectivity index (χ1n) is 31.6. The van der Waals surface area contributed by atoms with Crippen LogP contribution >= 0.6 is 0 Å². The van der Waals surface area contributed by atoms with E-state index in [4.69, 9.17) is 4.98 Å². The van der Waals surface area contributed by atoms with Crippen LogP contribution in [0.4, 0.5) is 5.69 Å². The monoisotopic (exact) mass is 1100 g/mol. The number of pyridine rings is 1. The summed E-state index contributed by atoms with van der Waals surface area (Å²) in [5.74, 6) is 5.04. The number of aromatic nitrogens is 4. The normalized spacial score (nSPS) is 25.4. The molecule has 0 saturated heterocycles. The second-order valence-electron chi connectivity index (χ2n) is 26.6. The van der Waals surface area contributed by atoms with Gasteiger partial charge in [-0.05, 0) is 193 Å². The van der Waals surface area contributed by atoms with Crippen molar-refractivity contribution in [1.82, 2.24) is 18.5 Å². The van der Waals surface area contributed by atoms with Crippen molar-refractivity contribution in [2.24, 2.45) is 23.7 Å². The SMILES string of the molecule is c1ccc(C2CN(C34CC5CC(CC(c6ccc(-n7c8ccccc8c8ccccc87)cc6)(C5)C3)C4)c3ccccc32)cc1.c1ccc2c(c1)c1ccccc1n2-c1ccc(C2CC3CC2CC3c2ccc(-c3cn4ccccc4n3)cc2)cc1. The molecular formula is C80H69N5. The number of rotatable bonds is 8. The summed E-state index contributed by atoms with van der Waals surface area (Å²) >= 11 is 0. The van der Waals surface area contributed by atoms with E-state index in [2.05, 4.69) is 261 Å². The first-order chi connectivity index (χ1) is 42.0. The molecule has 5 heteroatoms. The summed E-state index contributed by atoms with van der Waals surface area (Å²) in [6.45, 7) is 1.12. The molecular weight excluding hydrogens is 1030 g/mol. The Kier molecular flexibility index (Phi) is 11.2. The highest BCUT2D eigenvalue weighted by Crippen LogP contribution is 2.66. The predicted octanol–water partition coefficient (Wildman–Crippen LogP) is 19.4. The average molecular weight is 1100 g/mol. The lowest BCUT2D eigenvalue weighted by Gasteiger charge is -2.65. The number of hydrogen-bond donors (Lipinski definition) is 0. The minimum absolute atomic E-state index is 0.259. The lowest BCUT2D eigenvalue weighted by Crippen LogP contribution is -2.64. The van der Waals surface area contributed by atoms with Crippen molar-refractivity contribution < 1.29 is 0 Å². The van der Waals surface area contributed by atoms with Gasteiger partial charge in [0.1, 0.15) is 5.65 Å². The van der Waals surface area contributed by atoms with E-state index in [1.54, 1.807) is 5.56 Å². The minimum Gasteiger partial charge on any atom is -0.365 e. The topological polar surface area (TPSA) is 30.4 Å². The Hall–Kier alpha value is -8.93. The van der Waals surface area contributed by atoms with Crippen molar-refractivity contribution in [1.29, 1.82) is 0 Å². The molecule has 7 atom stereocenters. The highest BCUT2D eigenvalue weighted by atomic mass is 15.2. The minimum atomic E-state index is 0.259. The van der Waals surface area contributed by atoms with Crippen molar-refractivity contribution in [2.45, 2.75) is 86.5 Å². The third-order valence-corrected chi connectivity index (χ3v) is 22.1. The molecule has 6 bridgehead atoms. The van der Waals surface area contributed by atoms with E-state index in [0.717, 1.165) is 41.6 Å². The molecule has 5 heterocycles. The zero-order valence-electron chi connectivity index (χ0n) is 48.1. The van der Waals surface area contributed by atoms with Crippen molar-refractivity contribution in [3.63, 3.8) is 0 Å². The van der Waals surface area contributed by atoms with Gasteiger partial charge in [0.25, 0.3) is 0 Å². The molecule has 9 aromatic carbocycles. The Morgan fingerprint density at radius 3 is 1.48 bits per heavy atom. The molecule has 20 rings (SSSR count). The zero-order chi connectivity index (χ0) is 55.8. The lowest BCUT2D eigenvalue weighted by atomic mass is 9.45. The molecule has 4 aromatic heterocycles. The van der Waals surface area contributed by atoms with Crippen LogP contribution in [0, 0.1) is 23.7 Å². The summed E-state index contributed by atoms with van der Waals surface area (Å²) in [6, 6.07) is 90.5. The number of anilines is 1. The fraction of sp³-hybridized carbons (Fsp3) is 0.237. The molecule has 414 valence electrons. The van der Waals surface area contributed by atoms with Gasteiger partial charge >= 0.3 is 0 Å². The summed E-state index contributed by atoms with van der Waals surface area (Å²) in [5, 5.41) is 5.29. The van der Waals surface area contributed by atoms with Gasteiger partial charge in [-0.3, -0.25) is 0 Å². The highest BCUT2D eigenvalue weighted by Gasteiger charge is 2.61. The van der Waals surface area contributed by atoms with Crippen LogP contribution in [0.5, 0.6) is 0 Å². The molecule has 0 N–H and O–H groups in total. The van der Waals surface area contributed by atoms with Crippen molar-refractivity contribution >= 4 is 54.9 Å². The number of hydrogen-bond acceptors (Lipinski definition) is 2. The Morgan fingerprint density at radius 2 is 0.918 bits per heavy atom. The summed E-state index contributed by atoms with van der Waals surface area (Å²) in [7, 11) is 0. The van der Waals surface area contributed by atoms with Crippen molar-refractivity contribution in [2.75, 3.05) is 11.4 Å². The summed E-state index contributed by atoms with van der Waals surface area (Å²) < 4.78 is 6.97. The molecule has 1 aliphatic heterocycles. The molecule has 5 nitrogen and oxygen atoms in total. The van der Waals surface area contributed by atoms with Crippen LogP contribution < -0.4 is 4.90 Å². The van der Waals surface area contributed by atoms with E-state index in [1.165, 1.54) is 146 Å². The van der Waals surface area contributed by atoms with Crippen LogP contribution in [0.3, 0.4) is 0 Å². The maximum atomic E-state index is 4.81. The van der Waals surface area contributed by atoms with Crippen LogP contribution in [-0.4, -0.2) is 30.6 Å². The maximum absolute atomic E-state index is 4.81.